The monoisotopic (exact) mass is 328 g/mol. The molecule has 1 amide bonds. The Hall–Kier alpha value is -1.26. The number of amides is 1. The Morgan fingerprint density at radius 3 is 2.50 bits per heavy atom. The van der Waals surface area contributed by atoms with Gasteiger partial charge < -0.3 is 15.8 Å². The average molecular weight is 329 g/mol. The summed E-state index contributed by atoms with van der Waals surface area (Å²) >= 11 is 0. The van der Waals surface area contributed by atoms with Crippen LogP contribution in [0.2, 0.25) is 0 Å². The maximum atomic E-state index is 11.9. The first-order chi connectivity index (χ1) is 9.88. The van der Waals surface area contributed by atoms with E-state index in [1.165, 1.54) is 0 Å². The summed E-state index contributed by atoms with van der Waals surface area (Å²) in [6.07, 6.45) is 0.698. The maximum Gasteiger partial charge on any atom is 0.237 e. The molecule has 0 radical (unpaired) electrons. The molecule has 22 heavy (non-hydrogen) atoms. The number of carbonyl (C=O) groups excluding carboxylic acids is 1. The second-order valence-corrected chi connectivity index (χ2v) is 6.31. The van der Waals surface area contributed by atoms with Gasteiger partial charge in [0.15, 0.2) is 0 Å². The lowest BCUT2D eigenvalue weighted by molar-refractivity contribution is -0.122. The molecule has 0 bridgehead atoms. The van der Waals surface area contributed by atoms with Gasteiger partial charge in [0, 0.05) is 6.54 Å². The minimum absolute atomic E-state index is 0. The first-order valence-corrected chi connectivity index (χ1v) is 7.63. The van der Waals surface area contributed by atoms with E-state index in [1.54, 1.807) is 0 Å². The third kappa shape index (κ3) is 8.25. The molecule has 0 unspecified atom stereocenters. The number of ether oxygens (including phenoxy) is 1. The minimum atomic E-state index is -0.439. The Bertz CT molecular complexity index is 450. The third-order valence-electron chi connectivity index (χ3n) is 3.01. The summed E-state index contributed by atoms with van der Waals surface area (Å²) < 4.78 is 5.68. The lowest BCUT2D eigenvalue weighted by atomic mass is 10.0. The molecule has 0 aliphatic rings. The maximum absolute atomic E-state index is 11.9. The van der Waals surface area contributed by atoms with E-state index in [0.717, 1.165) is 11.3 Å². The molecule has 0 aliphatic carbocycles. The minimum Gasteiger partial charge on any atom is -0.493 e. The van der Waals surface area contributed by atoms with Gasteiger partial charge in [0.2, 0.25) is 5.91 Å². The number of benzene rings is 1. The number of halogens is 1. The van der Waals surface area contributed by atoms with Gasteiger partial charge >= 0.3 is 0 Å². The highest BCUT2D eigenvalue weighted by Crippen LogP contribution is 2.14. The first-order valence-electron chi connectivity index (χ1n) is 7.63. The Morgan fingerprint density at radius 1 is 1.23 bits per heavy atom. The molecule has 3 N–H and O–H groups in total. The van der Waals surface area contributed by atoms with Crippen LogP contribution >= 0.6 is 12.4 Å². The smallest absolute Gasteiger partial charge is 0.237 e. The predicted octanol–water partition coefficient (Wildman–Crippen LogP) is 3.13. The Kier molecular flexibility index (Phi) is 9.86. The highest BCUT2D eigenvalue weighted by Gasteiger charge is 2.14. The van der Waals surface area contributed by atoms with E-state index in [-0.39, 0.29) is 18.3 Å². The van der Waals surface area contributed by atoms with Crippen molar-refractivity contribution in [2.75, 3.05) is 6.61 Å². The van der Waals surface area contributed by atoms with Crippen molar-refractivity contribution >= 4 is 18.3 Å². The van der Waals surface area contributed by atoms with Crippen LogP contribution < -0.4 is 15.8 Å². The fraction of sp³-hybridized carbons (Fsp3) is 0.588. The molecule has 1 atom stereocenters. The number of carbonyl (C=O) groups is 1. The molecule has 0 aromatic heterocycles. The Balaban J connectivity index is 0.00000441. The van der Waals surface area contributed by atoms with Crippen molar-refractivity contribution in [1.29, 1.82) is 0 Å². The van der Waals surface area contributed by atoms with Crippen LogP contribution in [0.15, 0.2) is 24.3 Å². The number of hydrogen-bond acceptors (Lipinski definition) is 3. The van der Waals surface area contributed by atoms with Crippen molar-refractivity contribution in [2.45, 2.75) is 46.7 Å². The molecule has 0 heterocycles. The quantitative estimate of drug-likeness (QED) is 0.770. The number of hydrogen-bond donors (Lipinski definition) is 2. The van der Waals surface area contributed by atoms with E-state index in [0.29, 0.717) is 31.4 Å². The summed E-state index contributed by atoms with van der Waals surface area (Å²) in [6, 6.07) is 7.35. The zero-order chi connectivity index (χ0) is 15.8. The van der Waals surface area contributed by atoms with Gasteiger partial charge in [-0.25, -0.2) is 0 Å². The van der Waals surface area contributed by atoms with Gasteiger partial charge in [0.05, 0.1) is 12.6 Å². The van der Waals surface area contributed by atoms with Crippen molar-refractivity contribution in [3.8, 4) is 5.75 Å². The summed E-state index contributed by atoms with van der Waals surface area (Å²) in [5.74, 6) is 1.64. The lowest BCUT2D eigenvalue weighted by Gasteiger charge is -2.14. The van der Waals surface area contributed by atoms with Crippen molar-refractivity contribution in [3.63, 3.8) is 0 Å². The molecule has 126 valence electrons. The Morgan fingerprint density at radius 2 is 1.91 bits per heavy atom. The zero-order valence-electron chi connectivity index (χ0n) is 14.0. The van der Waals surface area contributed by atoms with E-state index in [4.69, 9.17) is 10.5 Å². The van der Waals surface area contributed by atoms with Gasteiger partial charge in [0.25, 0.3) is 0 Å². The van der Waals surface area contributed by atoms with Gasteiger partial charge in [-0.2, -0.15) is 0 Å². The molecule has 0 saturated carbocycles. The first kappa shape index (κ1) is 20.7. The van der Waals surface area contributed by atoms with Crippen molar-refractivity contribution < 1.29 is 9.53 Å². The molecule has 0 fully saturated rings. The molecule has 1 aromatic carbocycles. The van der Waals surface area contributed by atoms with Gasteiger partial charge in [-0.15, -0.1) is 12.4 Å². The van der Waals surface area contributed by atoms with Crippen LogP contribution in [0.1, 0.15) is 39.7 Å². The molecular formula is C17H29ClN2O2. The molecule has 5 heteroatoms. The van der Waals surface area contributed by atoms with E-state index < -0.39 is 6.04 Å². The molecule has 0 aliphatic heterocycles. The van der Waals surface area contributed by atoms with Crippen molar-refractivity contribution in [3.05, 3.63) is 29.8 Å². The van der Waals surface area contributed by atoms with Crippen LogP contribution in [0, 0.1) is 11.8 Å². The normalized spacial score (nSPS) is 12.0. The van der Waals surface area contributed by atoms with E-state index in [2.05, 4.69) is 33.0 Å². The third-order valence-corrected chi connectivity index (χ3v) is 3.01. The van der Waals surface area contributed by atoms with Crippen LogP contribution in [-0.2, 0) is 11.3 Å². The number of rotatable bonds is 8. The molecule has 4 nitrogen and oxygen atoms in total. The van der Waals surface area contributed by atoms with Crippen LogP contribution in [0.3, 0.4) is 0 Å². The zero-order valence-corrected chi connectivity index (χ0v) is 14.8. The summed E-state index contributed by atoms with van der Waals surface area (Å²) in [5.41, 5.74) is 6.87. The molecule has 0 saturated heterocycles. The molecule has 0 spiro atoms. The van der Waals surface area contributed by atoms with Gasteiger partial charge in [-0.05, 0) is 36.0 Å². The van der Waals surface area contributed by atoms with Crippen LogP contribution in [0.25, 0.3) is 0 Å². The summed E-state index contributed by atoms with van der Waals surface area (Å²) in [6.45, 7) is 9.50. The highest BCUT2D eigenvalue weighted by atomic mass is 35.5. The van der Waals surface area contributed by atoms with E-state index in [9.17, 15) is 4.79 Å². The highest BCUT2D eigenvalue weighted by molar-refractivity contribution is 5.85. The van der Waals surface area contributed by atoms with Gasteiger partial charge in [-0.1, -0.05) is 39.8 Å². The van der Waals surface area contributed by atoms with Crippen LogP contribution in [-0.4, -0.2) is 18.6 Å². The van der Waals surface area contributed by atoms with Crippen LogP contribution in [0.4, 0.5) is 0 Å². The fourth-order valence-corrected chi connectivity index (χ4v) is 1.94. The SMILES string of the molecule is CC(C)COc1cccc(CNC(=O)[C@@H](N)CC(C)C)c1.Cl. The van der Waals surface area contributed by atoms with E-state index >= 15 is 0 Å². The van der Waals surface area contributed by atoms with E-state index in [1.807, 2.05) is 24.3 Å². The fourth-order valence-electron chi connectivity index (χ4n) is 1.94. The summed E-state index contributed by atoms with van der Waals surface area (Å²) in [7, 11) is 0. The van der Waals surface area contributed by atoms with Crippen LogP contribution in [0.5, 0.6) is 5.75 Å². The second-order valence-electron chi connectivity index (χ2n) is 6.31. The number of nitrogens with one attached hydrogen (secondary N) is 1. The lowest BCUT2D eigenvalue weighted by Crippen LogP contribution is -2.41. The second kappa shape index (κ2) is 10.5. The van der Waals surface area contributed by atoms with Crippen molar-refractivity contribution in [2.24, 2.45) is 17.6 Å². The average Bonchev–Trinajstić information content (AvgIpc) is 2.42. The number of nitrogens with two attached hydrogens (primary N) is 1. The van der Waals surface area contributed by atoms with Gasteiger partial charge in [0.1, 0.15) is 5.75 Å². The molecule has 1 aromatic rings. The molecular weight excluding hydrogens is 300 g/mol. The van der Waals surface area contributed by atoms with Crippen molar-refractivity contribution in [1.82, 2.24) is 5.32 Å². The topological polar surface area (TPSA) is 64.3 Å². The summed E-state index contributed by atoms with van der Waals surface area (Å²) in [4.78, 5) is 11.9. The standard InChI is InChI=1S/C17H28N2O2.ClH/c1-12(2)8-16(18)17(20)19-10-14-6-5-7-15(9-14)21-11-13(3)4;/h5-7,9,12-13,16H,8,10-11,18H2,1-4H3,(H,19,20);1H/t16-;/m0./s1. The molecule has 1 rings (SSSR count). The largest absolute Gasteiger partial charge is 0.493 e. The Labute approximate surface area is 140 Å². The predicted molar refractivity (Wildman–Crippen MR) is 93.3 cm³/mol. The van der Waals surface area contributed by atoms with Gasteiger partial charge in [-0.3, -0.25) is 4.79 Å². The summed E-state index contributed by atoms with van der Waals surface area (Å²) in [5, 5.41) is 2.88.